The Morgan fingerprint density at radius 1 is 1.20 bits per heavy atom. The number of halogens is 1. The van der Waals surface area contributed by atoms with Crippen LogP contribution in [0.5, 0.6) is 0 Å². The van der Waals surface area contributed by atoms with Gasteiger partial charge in [-0.2, -0.15) is 0 Å². The third-order valence-corrected chi connectivity index (χ3v) is 2.08. The molecule has 50 valence electrons. The summed E-state index contributed by atoms with van der Waals surface area (Å²) >= 11 is 3.30. The van der Waals surface area contributed by atoms with Crippen LogP contribution in [0.2, 0.25) is 0 Å². The van der Waals surface area contributed by atoms with Crippen molar-refractivity contribution in [1.29, 1.82) is 0 Å². The van der Waals surface area contributed by atoms with E-state index in [0.717, 1.165) is 15.4 Å². The third-order valence-electron chi connectivity index (χ3n) is 1.46. The summed E-state index contributed by atoms with van der Waals surface area (Å²) in [5.74, 6) is 0. The standard InChI is InChI=1S/C8H5BrO/c9-8-7-4-2-1-3-6(7)5-10-8/h1-5H. The van der Waals surface area contributed by atoms with Crippen molar-refractivity contribution in [2.75, 3.05) is 0 Å². The van der Waals surface area contributed by atoms with Gasteiger partial charge in [-0.05, 0) is 22.0 Å². The molecule has 1 aromatic heterocycles. The van der Waals surface area contributed by atoms with Crippen molar-refractivity contribution in [2.24, 2.45) is 0 Å². The number of furan rings is 1. The van der Waals surface area contributed by atoms with Crippen LogP contribution in [-0.4, -0.2) is 0 Å². The number of fused-ring (bicyclic) bond motifs is 1. The summed E-state index contributed by atoms with van der Waals surface area (Å²) in [4.78, 5) is 0. The van der Waals surface area contributed by atoms with E-state index in [1.807, 2.05) is 24.3 Å². The minimum atomic E-state index is 0.808. The van der Waals surface area contributed by atoms with E-state index in [9.17, 15) is 0 Å². The van der Waals surface area contributed by atoms with Gasteiger partial charge in [0.15, 0.2) is 4.67 Å². The zero-order valence-electron chi connectivity index (χ0n) is 5.17. The molecule has 0 fully saturated rings. The fourth-order valence-electron chi connectivity index (χ4n) is 0.957. The first-order valence-electron chi connectivity index (χ1n) is 2.99. The van der Waals surface area contributed by atoms with Gasteiger partial charge in [0, 0.05) is 10.8 Å². The second-order valence-electron chi connectivity index (χ2n) is 2.10. The average molecular weight is 197 g/mol. The second kappa shape index (κ2) is 2.13. The highest BCUT2D eigenvalue weighted by Crippen LogP contribution is 2.24. The first-order chi connectivity index (χ1) is 4.88. The van der Waals surface area contributed by atoms with Crippen LogP contribution in [0.4, 0.5) is 0 Å². The number of rotatable bonds is 0. The molecule has 0 unspecified atom stereocenters. The van der Waals surface area contributed by atoms with Gasteiger partial charge in [0.1, 0.15) is 0 Å². The van der Waals surface area contributed by atoms with E-state index >= 15 is 0 Å². The minimum absolute atomic E-state index is 0.808. The van der Waals surface area contributed by atoms with Gasteiger partial charge in [0.2, 0.25) is 0 Å². The summed E-state index contributed by atoms with van der Waals surface area (Å²) < 4.78 is 5.94. The molecule has 0 aliphatic carbocycles. The fourth-order valence-corrected chi connectivity index (χ4v) is 1.41. The number of hydrogen-bond donors (Lipinski definition) is 0. The Bertz CT molecular complexity index is 351. The lowest BCUT2D eigenvalue weighted by Gasteiger charge is -1.83. The monoisotopic (exact) mass is 196 g/mol. The molecule has 1 aromatic carbocycles. The molecule has 0 aliphatic rings. The molecule has 2 heteroatoms. The van der Waals surface area contributed by atoms with Gasteiger partial charge in [-0.3, -0.25) is 0 Å². The topological polar surface area (TPSA) is 13.1 Å². The van der Waals surface area contributed by atoms with E-state index in [1.54, 1.807) is 6.26 Å². The molecule has 10 heavy (non-hydrogen) atoms. The van der Waals surface area contributed by atoms with Crippen LogP contribution < -0.4 is 0 Å². The normalized spacial score (nSPS) is 10.5. The van der Waals surface area contributed by atoms with Crippen molar-refractivity contribution in [2.45, 2.75) is 0 Å². The van der Waals surface area contributed by atoms with Gasteiger partial charge in [-0.25, -0.2) is 0 Å². The van der Waals surface area contributed by atoms with Gasteiger partial charge < -0.3 is 4.42 Å². The molecule has 1 nitrogen and oxygen atoms in total. The molecule has 0 bridgehead atoms. The van der Waals surface area contributed by atoms with Crippen molar-refractivity contribution in [3.05, 3.63) is 35.2 Å². The van der Waals surface area contributed by atoms with E-state index < -0.39 is 0 Å². The Kier molecular flexibility index (Phi) is 1.27. The highest BCUT2D eigenvalue weighted by molar-refractivity contribution is 9.10. The van der Waals surface area contributed by atoms with E-state index in [-0.39, 0.29) is 0 Å². The van der Waals surface area contributed by atoms with Crippen molar-refractivity contribution in [3.8, 4) is 0 Å². The maximum absolute atomic E-state index is 5.13. The second-order valence-corrected chi connectivity index (χ2v) is 2.82. The van der Waals surface area contributed by atoms with Crippen LogP contribution in [0.3, 0.4) is 0 Å². The van der Waals surface area contributed by atoms with Crippen molar-refractivity contribution in [3.63, 3.8) is 0 Å². The molecule has 2 aromatic rings. The molecule has 0 aliphatic heterocycles. The summed E-state index contributed by atoms with van der Waals surface area (Å²) in [6.07, 6.45) is 1.74. The minimum Gasteiger partial charge on any atom is -0.456 e. The Labute approximate surface area is 66.8 Å². The zero-order valence-corrected chi connectivity index (χ0v) is 6.76. The highest BCUT2D eigenvalue weighted by Gasteiger charge is 1.98. The lowest BCUT2D eigenvalue weighted by Crippen LogP contribution is -1.60. The molecule has 0 amide bonds. The first kappa shape index (κ1) is 5.98. The Hall–Kier alpha value is -0.760. The number of benzene rings is 1. The van der Waals surface area contributed by atoms with Crippen molar-refractivity contribution >= 4 is 26.7 Å². The molecule has 0 saturated heterocycles. The van der Waals surface area contributed by atoms with Gasteiger partial charge in [0.05, 0.1) is 6.26 Å². The van der Waals surface area contributed by atoms with Gasteiger partial charge in [0.25, 0.3) is 0 Å². The van der Waals surface area contributed by atoms with Crippen molar-refractivity contribution in [1.82, 2.24) is 0 Å². The summed E-state index contributed by atoms with van der Waals surface area (Å²) in [5.41, 5.74) is 0. The summed E-state index contributed by atoms with van der Waals surface area (Å²) in [6, 6.07) is 8.01. The van der Waals surface area contributed by atoms with Crippen LogP contribution in [0.15, 0.2) is 39.6 Å². The summed E-state index contributed by atoms with van der Waals surface area (Å²) in [7, 11) is 0. The highest BCUT2D eigenvalue weighted by atomic mass is 79.9. The maximum atomic E-state index is 5.13. The number of hydrogen-bond acceptors (Lipinski definition) is 1. The van der Waals surface area contributed by atoms with Gasteiger partial charge >= 0.3 is 0 Å². The zero-order chi connectivity index (χ0) is 6.97. The van der Waals surface area contributed by atoms with Gasteiger partial charge in [-0.15, -0.1) is 0 Å². The van der Waals surface area contributed by atoms with Crippen LogP contribution in [-0.2, 0) is 0 Å². The lowest BCUT2D eigenvalue weighted by atomic mass is 10.2. The Morgan fingerprint density at radius 2 is 2.00 bits per heavy atom. The quantitative estimate of drug-likeness (QED) is 0.631. The van der Waals surface area contributed by atoms with Gasteiger partial charge in [-0.1, -0.05) is 18.2 Å². The average Bonchev–Trinajstić information content (AvgIpc) is 2.34. The first-order valence-corrected chi connectivity index (χ1v) is 3.79. The maximum Gasteiger partial charge on any atom is 0.176 e. The van der Waals surface area contributed by atoms with E-state index in [2.05, 4.69) is 15.9 Å². The molecular formula is C8H5BrO. The summed E-state index contributed by atoms with van der Waals surface area (Å²) in [6.45, 7) is 0. The largest absolute Gasteiger partial charge is 0.456 e. The molecule has 1 heterocycles. The molecule has 0 N–H and O–H groups in total. The van der Waals surface area contributed by atoms with Crippen LogP contribution in [0.1, 0.15) is 0 Å². The molecular weight excluding hydrogens is 192 g/mol. The van der Waals surface area contributed by atoms with Crippen LogP contribution >= 0.6 is 15.9 Å². The summed E-state index contributed by atoms with van der Waals surface area (Å²) in [5, 5.41) is 2.26. The molecule has 0 saturated carbocycles. The molecule has 0 spiro atoms. The van der Waals surface area contributed by atoms with Crippen LogP contribution in [0, 0.1) is 0 Å². The van der Waals surface area contributed by atoms with Crippen molar-refractivity contribution < 1.29 is 4.42 Å². The Balaban J connectivity index is 2.93. The van der Waals surface area contributed by atoms with E-state index in [4.69, 9.17) is 4.42 Å². The predicted octanol–water partition coefficient (Wildman–Crippen LogP) is 3.20. The Morgan fingerprint density at radius 3 is 2.80 bits per heavy atom. The fraction of sp³-hybridized carbons (Fsp3) is 0. The predicted molar refractivity (Wildman–Crippen MR) is 43.9 cm³/mol. The molecule has 0 atom stereocenters. The lowest BCUT2D eigenvalue weighted by molar-refractivity contribution is 0.547. The van der Waals surface area contributed by atoms with E-state index in [0.29, 0.717) is 0 Å². The van der Waals surface area contributed by atoms with Crippen LogP contribution in [0.25, 0.3) is 10.8 Å². The molecule has 2 rings (SSSR count). The third kappa shape index (κ3) is 0.762. The SMILES string of the molecule is Brc1occ2ccccc12. The smallest absolute Gasteiger partial charge is 0.176 e. The van der Waals surface area contributed by atoms with E-state index in [1.165, 1.54) is 0 Å². The molecule has 0 radical (unpaired) electrons.